The fourth-order valence-corrected chi connectivity index (χ4v) is 2.56. The lowest BCUT2D eigenvalue weighted by atomic mass is 10.1. The van der Waals surface area contributed by atoms with Crippen molar-refractivity contribution < 1.29 is 9.47 Å². The summed E-state index contributed by atoms with van der Waals surface area (Å²) in [6.07, 6.45) is 1.04. The van der Waals surface area contributed by atoms with E-state index in [0.29, 0.717) is 18.7 Å². The van der Waals surface area contributed by atoms with Crippen LogP contribution in [0.2, 0.25) is 0 Å². The summed E-state index contributed by atoms with van der Waals surface area (Å²) in [5, 5.41) is 3.52. The molecule has 1 heterocycles. The molecule has 1 atom stereocenters. The number of para-hydroxylation sites is 2. The number of benzene rings is 1. The van der Waals surface area contributed by atoms with Gasteiger partial charge in [0.15, 0.2) is 0 Å². The van der Waals surface area contributed by atoms with Gasteiger partial charge in [0.25, 0.3) is 0 Å². The van der Waals surface area contributed by atoms with Crippen LogP contribution in [0.25, 0.3) is 0 Å². The molecule has 1 aliphatic heterocycles. The third-order valence-electron chi connectivity index (χ3n) is 3.54. The predicted octanol–water partition coefficient (Wildman–Crippen LogP) is 2.29. The summed E-state index contributed by atoms with van der Waals surface area (Å²) in [5.74, 6) is 0.982. The highest BCUT2D eigenvalue weighted by atomic mass is 16.5. The standard InChI is InChI=1S/C16H26N2O2/c1-13(2)17-11-14(12-19-3)18-9-6-10-20-16-8-5-4-7-15(16)18/h4-5,7-8,13-14,17H,6,9-12H2,1-3H3. The van der Waals surface area contributed by atoms with Crippen molar-refractivity contribution in [1.29, 1.82) is 0 Å². The van der Waals surface area contributed by atoms with Crippen LogP contribution in [0.1, 0.15) is 20.3 Å². The van der Waals surface area contributed by atoms with Crippen LogP contribution in [0.4, 0.5) is 5.69 Å². The monoisotopic (exact) mass is 278 g/mol. The van der Waals surface area contributed by atoms with Gasteiger partial charge in [0.2, 0.25) is 0 Å². The predicted molar refractivity (Wildman–Crippen MR) is 82.7 cm³/mol. The molecule has 0 spiro atoms. The van der Waals surface area contributed by atoms with E-state index in [1.54, 1.807) is 7.11 Å². The molecular formula is C16H26N2O2. The highest BCUT2D eigenvalue weighted by Gasteiger charge is 2.23. The maximum Gasteiger partial charge on any atom is 0.142 e. The van der Waals surface area contributed by atoms with Gasteiger partial charge in [-0.1, -0.05) is 26.0 Å². The van der Waals surface area contributed by atoms with Gasteiger partial charge in [-0.15, -0.1) is 0 Å². The number of fused-ring (bicyclic) bond motifs is 1. The summed E-state index contributed by atoms with van der Waals surface area (Å²) in [4.78, 5) is 2.42. The Hall–Kier alpha value is -1.26. The SMILES string of the molecule is COCC(CNC(C)C)N1CCCOc2ccccc21. The van der Waals surface area contributed by atoms with E-state index >= 15 is 0 Å². The van der Waals surface area contributed by atoms with Gasteiger partial charge in [-0.25, -0.2) is 0 Å². The summed E-state index contributed by atoms with van der Waals surface area (Å²) in [5.41, 5.74) is 1.18. The number of nitrogens with zero attached hydrogens (tertiary/aromatic N) is 1. The van der Waals surface area contributed by atoms with Crippen LogP contribution in [-0.4, -0.2) is 45.5 Å². The molecule has 20 heavy (non-hydrogen) atoms. The zero-order valence-corrected chi connectivity index (χ0v) is 12.8. The van der Waals surface area contributed by atoms with E-state index in [0.717, 1.165) is 31.9 Å². The summed E-state index contributed by atoms with van der Waals surface area (Å²) in [7, 11) is 1.77. The van der Waals surface area contributed by atoms with Gasteiger partial charge in [-0.3, -0.25) is 0 Å². The van der Waals surface area contributed by atoms with Crippen molar-refractivity contribution in [2.45, 2.75) is 32.4 Å². The Bertz CT molecular complexity index is 409. The zero-order chi connectivity index (χ0) is 14.4. The van der Waals surface area contributed by atoms with Gasteiger partial charge in [0, 0.05) is 26.2 Å². The van der Waals surface area contributed by atoms with Crippen molar-refractivity contribution in [3.8, 4) is 5.75 Å². The van der Waals surface area contributed by atoms with Crippen molar-refractivity contribution in [3.63, 3.8) is 0 Å². The fraction of sp³-hybridized carbons (Fsp3) is 0.625. The smallest absolute Gasteiger partial charge is 0.142 e. The highest BCUT2D eigenvalue weighted by Crippen LogP contribution is 2.31. The Morgan fingerprint density at radius 3 is 2.90 bits per heavy atom. The summed E-state index contributed by atoms with van der Waals surface area (Å²) in [6, 6.07) is 9.09. The van der Waals surface area contributed by atoms with Crippen LogP contribution in [0.3, 0.4) is 0 Å². The third kappa shape index (κ3) is 3.87. The van der Waals surface area contributed by atoms with Crippen molar-refractivity contribution >= 4 is 5.69 Å². The van der Waals surface area contributed by atoms with Gasteiger partial charge in [0.05, 0.1) is 24.9 Å². The molecular weight excluding hydrogens is 252 g/mol. The van der Waals surface area contributed by atoms with E-state index < -0.39 is 0 Å². The average molecular weight is 278 g/mol. The third-order valence-corrected chi connectivity index (χ3v) is 3.54. The number of nitrogens with one attached hydrogen (secondary N) is 1. The zero-order valence-electron chi connectivity index (χ0n) is 12.8. The molecule has 2 rings (SSSR count). The lowest BCUT2D eigenvalue weighted by Gasteiger charge is -2.33. The van der Waals surface area contributed by atoms with Crippen molar-refractivity contribution in [3.05, 3.63) is 24.3 Å². The minimum absolute atomic E-state index is 0.324. The number of anilines is 1. The molecule has 112 valence electrons. The minimum Gasteiger partial charge on any atom is -0.491 e. The van der Waals surface area contributed by atoms with Gasteiger partial charge < -0.3 is 19.7 Å². The molecule has 1 unspecified atom stereocenters. The largest absolute Gasteiger partial charge is 0.491 e. The molecule has 1 aromatic rings. The van der Waals surface area contributed by atoms with Gasteiger partial charge >= 0.3 is 0 Å². The minimum atomic E-state index is 0.324. The summed E-state index contributed by atoms with van der Waals surface area (Å²) < 4.78 is 11.3. The van der Waals surface area contributed by atoms with E-state index in [1.165, 1.54) is 5.69 Å². The van der Waals surface area contributed by atoms with Crippen LogP contribution in [0.15, 0.2) is 24.3 Å². The summed E-state index contributed by atoms with van der Waals surface area (Å²) >= 11 is 0. The Morgan fingerprint density at radius 2 is 2.15 bits per heavy atom. The van der Waals surface area contributed by atoms with Crippen LogP contribution in [0, 0.1) is 0 Å². The van der Waals surface area contributed by atoms with E-state index in [-0.39, 0.29) is 0 Å². The molecule has 0 amide bonds. The molecule has 1 aliphatic rings. The normalized spacial score (nSPS) is 16.5. The number of hydrogen-bond donors (Lipinski definition) is 1. The molecule has 0 bridgehead atoms. The Kier molecular flexibility index (Phi) is 5.68. The van der Waals surface area contributed by atoms with Gasteiger partial charge in [-0.05, 0) is 18.6 Å². The molecule has 4 nitrogen and oxygen atoms in total. The lowest BCUT2D eigenvalue weighted by molar-refractivity contribution is 0.174. The number of methoxy groups -OCH3 is 1. The molecule has 0 radical (unpaired) electrons. The Labute approximate surface area is 122 Å². The Balaban J connectivity index is 2.18. The topological polar surface area (TPSA) is 33.7 Å². The van der Waals surface area contributed by atoms with E-state index in [9.17, 15) is 0 Å². The quantitative estimate of drug-likeness (QED) is 0.865. The number of rotatable bonds is 6. The van der Waals surface area contributed by atoms with Gasteiger partial charge in [0.1, 0.15) is 5.75 Å². The van der Waals surface area contributed by atoms with Crippen LogP contribution < -0.4 is 15.0 Å². The lowest BCUT2D eigenvalue weighted by Crippen LogP contribution is -2.47. The molecule has 4 heteroatoms. The van der Waals surface area contributed by atoms with E-state index in [2.05, 4.69) is 36.2 Å². The van der Waals surface area contributed by atoms with Crippen molar-refractivity contribution in [2.24, 2.45) is 0 Å². The number of ether oxygens (including phenoxy) is 2. The molecule has 0 saturated carbocycles. The van der Waals surface area contributed by atoms with Crippen molar-refractivity contribution in [2.75, 3.05) is 38.3 Å². The van der Waals surface area contributed by atoms with Crippen molar-refractivity contribution in [1.82, 2.24) is 5.32 Å². The maximum absolute atomic E-state index is 5.83. The number of hydrogen-bond acceptors (Lipinski definition) is 4. The van der Waals surface area contributed by atoms with Crippen LogP contribution in [0.5, 0.6) is 5.75 Å². The van der Waals surface area contributed by atoms with Crippen LogP contribution in [-0.2, 0) is 4.74 Å². The fourth-order valence-electron chi connectivity index (χ4n) is 2.56. The average Bonchev–Trinajstić information content (AvgIpc) is 2.66. The first kappa shape index (κ1) is 15.1. The summed E-state index contributed by atoms with van der Waals surface area (Å²) in [6.45, 7) is 7.76. The first-order chi connectivity index (χ1) is 9.72. The second kappa shape index (κ2) is 7.50. The molecule has 1 aromatic carbocycles. The second-order valence-electron chi connectivity index (χ2n) is 5.54. The highest BCUT2D eigenvalue weighted by molar-refractivity contribution is 5.59. The second-order valence-corrected chi connectivity index (χ2v) is 5.54. The van der Waals surface area contributed by atoms with Gasteiger partial charge in [-0.2, -0.15) is 0 Å². The van der Waals surface area contributed by atoms with E-state index in [4.69, 9.17) is 9.47 Å². The first-order valence-electron chi connectivity index (χ1n) is 7.43. The molecule has 0 aromatic heterocycles. The molecule has 0 saturated heterocycles. The molecule has 0 aliphatic carbocycles. The Morgan fingerprint density at radius 1 is 1.35 bits per heavy atom. The first-order valence-corrected chi connectivity index (χ1v) is 7.43. The molecule has 1 N–H and O–H groups in total. The van der Waals surface area contributed by atoms with E-state index in [1.807, 2.05) is 12.1 Å². The van der Waals surface area contributed by atoms with Crippen LogP contribution >= 0.6 is 0 Å². The molecule has 0 fully saturated rings. The maximum atomic E-state index is 5.83.